The van der Waals surface area contributed by atoms with Crippen LogP contribution in [0.4, 0.5) is 11.4 Å². The van der Waals surface area contributed by atoms with Crippen LogP contribution in [0.5, 0.6) is 0 Å². The molecule has 89 valence electrons. The third kappa shape index (κ3) is 3.41. The maximum atomic E-state index is 11.2. The fourth-order valence-electron chi connectivity index (χ4n) is 1.32. The van der Waals surface area contributed by atoms with Crippen molar-refractivity contribution in [1.82, 2.24) is 0 Å². The van der Waals surface area contributed by atoms with Gasteiger partial charge in [-0.15, -0.1) is 0 Å². The largest absolute Gasteiger partial charge is 0.326 e. The van der Waals surface area contributed by atoms with Gasteiger partial charge in [0.25, 0.3) is 0 Å². The Kier molecular flexibility index (Phi) is 3.98. The molecule has 0 heterocycles. The minimum atomic E-state index is -0.246. The first-order chi connectivity index (χ1) is 7.93. The summed E-state index contributed by atoms with van der Waals surface area (Å²) >= 11 is 0. The van der Waals surface area contributed by atoms with E-state index in [1.165, 1.54) is 30.9 Å². The third-order valence-electron chi connectivity index (χ3n) is 2.22. The standard InChI is InChI=1S/C12H13N2O3/c1-8(16)13-11-4-10(7-15)5-12(6-11)14(3)9(2)17/h4-6H,1-3H3,(H,13,16). The molecule has 0 saturated carbocycles. The number of nitrogens with zero attached hydrogens (tertiary/aromatic N) is 1. The highest BCUT2D eigenvalue weighted by molar-refractivity contribution is 5.95. The van der Waals surface area contributed by atoms with Crippen LogP contribution in [0.1, 0.15) is 19.4 Å². The van der Waals surface area contributed by atoms with Crippen LogP contribution in [-0.4, -0.2) is 25.1 Å². The van der Waals surface area contributed by atoms with Crippen LogP contribution < -0.4 is 10.2 Å². The fraction of sp³-hybridized carbons (Fsp3) is 0.250. The zero-order chi connectivity index (χ0) is 13.0. The lowest BCUT2D eigenvalue weighted by molar-refractivity contribution is -0.116. The van der Waals surface area contributed by atoms with Crippen molar-refractivity contribution in [2.45, 2.75) is 13.8 Å². The number of anilines is 2. The normalized spacial score (nSPS) is 9.59. The van der Waals surface area contributed by atoms with E-state index < -0.39 is 0 Å². The Labute approximate surface area is 99.4 Å². The summed E-state index contributed by atoms with van der Waals surface area (Å²) in [7, 11) is 1.59. The van der Waals surface area contributed by atoms with E-state index in [0.717, 1.165) is 0 Å². The van der Waals surface area contributed by atoms with E-state index in [1.807, 2.05) is 0 Å². The van der Waals surface area contributed by atoms with E-state index >= 15 is 0 Å². The Balaban J connectivity index is 3.17. The Bertz CT molecular complexity index is 469. The number of benzene rings is 1. The predicted octanol–water partition coefficient (Wildman–Crippen LogP) is 1.09. The van der Waals surface area contributed by atoms with Crippen molar-refractivity contribution in [2.75, 3.05) is 17.3 Å². The summed E-state index contributed by atoms with van der Waals surface area (Å²) in [5.74, 6) is -0.411. The first kappa shape index (κ1) is 12.9. The van der Waals surface area contributed by atoms with Crippen LogP contribution >= 0.6 is 0 Å². The van der Waals surface area contributed by atoms with Crippen molar-refractivity contribution in [3.63, 3.8) is 0 Å². The molecule has 1 radical (unpaired) electrons. The lowest BCUT2D eigenvalue weighted by Gasteiger charge is -2.16. The number of nitrogens with one attached hydrogen (secondary N) is 1. The average molecular weight is 233 g/mol. The van der Waals surface area contributed by atoms with Gasteiger partial charge >= 0.3 is 0 Å². The fourth-order valence-corrected chi connectivity index (χ4v) is 1.32. The van der Waals surface area contributed by atoms with E-state index in [1.54, 1.807) is 19.4 Å². The first-order valence-electron chi connectivity index (χ1n) is 4.99. The van der Waals surface area contributed by atoms with Gasteiger partial charge in [-0.25, -0.2) is 0 Å². The van der Waals surface area contributed by atoms with Crippen LogP contribution in [0.15, 0.2) is 18.2 Å². The Hall–Kier alpha value is -2.17. The number of rotatable bonds is 3. The predicted molar refractivity (Wildman–Crippen MR) is 64.6 cm³/mol. The maximum Gasteiger partial charge on any atom is 0.233 e. The van der Waals surface area contributed by atoms with Gasteiger partial charge in [-0.3, -0.25) is 14.4 Å². The molecule has 0 unspecified atom stereocenters. The molecular formula is C12H13N2O3. The highest BCUT2D eigenvalue weighted by atomic mass is 16.2. The molecule has 0 aliphatic rings. The molecule has 2 amide bonds. The molecule has 1 aromatic carbocycles. The Morgan fingerprint density at radius 2 is 1.88 bits per heavy atom. The van der Waals surface area contributed by atoms with Crippen LogP contribution in [0.2, 0.25) is 0 Å². The summed E-state index contributed by atoms with van der Waals surface area (Å²) in [5.41, 5.74) is 1.27. The molecule has 5 nitrogen and oxygen atoms in total. The van der Waals surface area contributed by atoms with Crippen LogP contribution in [0.25, 0.3) is 0 Å². The Morgan fingerprint density at radius 1 is 1.24 bits per heavy atom. The summed E-state index contributed by atoms with van der Waals surface area (Å²) in [6.45, 7) is 2.78. The molecule has 1 rings (SSSR count). The van der Waals surface area contributed by atoms with Gasteiger partial charge in [-0.05, 0) is 18.2 Å². The topological polar surface area (TPSA) is 66.5 Å². The van der Waals surface area contributed by atoms with Gasteiger partial charge in [-0.1, -0.05) is 0 Å². The highest BCUT2D eigenvalue weighted by Crippen LogP contribution is 2.21. The number of carbonyl (C=O) groups is 2. The summed E-state index contributed by atoms with van der Waals surface area (Å²) in [4.78, 5) is 34.2. The number of hydrogen-bond acceptors (Lipinski definition) is 3. The van der Waals surface area contributed by atoms with Crippen molar-refractivity contribution >= 4 is 29.5 Å². The quantitative estimate of drug-likeness (QED) is 0.849. The van der Waals surface area contributed by atoms with Crippen molar-refractivity contribution in [3.05, 3.63) is 23.8 Å². The molecule has 0 aliphatic heterocycles. The summed E-state index contributed by atoms with van der Waals surface area (Å²) < 4.78 is 0. The number of hydrogen-bond donors (Lipinski definition) is 1. The molecule has 0 saturated heterocycles. The van der Waals surface area contributed by atoms with E-state index in [0.29, 0.717) is 11.4 Å². The monoisotopic (exact) mass is 233 g/mol. The maximum absolute atomic E-state index is 11.2. The SMILES string of the molecule is CC(=O)Nc1cc([C]=O)cc(N(C)C(C)=O)c1. The zero-order valence-corrected chi connectivity index (χ0v) is 9.90. The highest BCUT2D eigenvalue weighted by Gasteiger charge is 2.09. The molecule has 0 atom stereocenters. The molecule has 1 N–H and O–H groups in total. The van der Waals surface area contributed by atoms with Crippen molar-refractivity contribution in [2.24, 2.45) is 0 Å². The summed E-state index contributed by atoms with van der Waals surface area (Å²) in [6.07, 6.45) is 1.74. The van der Waals surface area contributed by atoms with Crippen molar-refractivity contribution in [3.8, 4) is 0 Å². The van der Waals surface area contributed by atoms with E-state index in [4.69, 9.17) is 0 Å². The third-order valence-corrected chi connectivity index (χ3v) is 2.22. The molecule has 17 heavy (non-hydrogen) atoms. The van der Waals surface area contributed by atoms with E-state index in [9.17, 15) is 14.4 Å². The van der Waals surface area contributed by atoms with Gasteiger partial charge in [0.15, 0.2) is 0 Å². The summed E-state index contributed by atoms with van der Waals surface area (Å²) in [5, 5.41) is 2.56. The molecule has 5 heteroatoms. The molecule has 0 aliphatic carbocycles. The second-order valence-corrected chi connectivity index (χ2v) is 3.63. The second-order valence-electron chi connectivity index (χ2n) is 3.63. The van der Waals surface area contributed by atoms with Gasteiger partial charge in [-0.2, -0.15) is 0 Å². The minimum absolute atomic E-state index is 0.165. The molecule has 0 fully saturated rings. The van der Waals surface area contributed by atoms with Crippen molar-refractivity contribution in [1.29, 1.82) is 0 Å². The van der Waals surface area contributed by atoms with Crippen molar-refractivity contribution < 1.29 is 14.4 Å². The van der Waals surface area contributed by atoms with Gasteiger partial charge in [0.2, 0.25) is 18.1 Å². The lowest BCUT2D eigenvalue weighted by atomic mass is 10.1. The van der Waals surface area contributed by atoms with E-state index in [-0.39, 0.29) is 17.4 Å². The minimum Gasteiger partial charge on any atom is -0.326 e. The molecular weight excluding hydrogens is 220 g/mol. The van der Waals surface area contributed by atoms with Gasteiger partial charge in [0, 0.05) is 37.8 Å². The van der Waals surface area contributed by atoms with Gasteiger partial charge in [0.1, 0.15) is 0 Å². The van der Waals surface area contributed by atoms with Gasteiger partial charge in [0.05, 0.1) is 0 Å². The van der Waals surface area contributed by atoms with Crippen LogP contribution in [0.3, 0.4) is 0 Å². The average Bonchev–Trinajstić information content (AvgIpc) is 2.26. The zero-order valence-electron chi connectivity index (χ0n) is 9.90. The van der Waals surface area contributed by atoms with Crippen LogP contribution in [0, 0.1) is 0 Å². The number of amides is 2. The molecule has 0 aromatic heterocycles. The summed E-state index contributed by atoms with van der Waals surface area (Å²) in [6, 6.07) is 4.63. The number of carbonyl (C=O) groups excluding carboxylic acids is 3. The van der Waals surface area contributed by atoms with Crippen LogP contribution in [-0.2, 0) is 14.4 Å². The van der Waals surface area contributed by atoms with Gasteiger partial charge < -0.3 is 10.2 Å². The molecule has 0 bridgehead atoms. The Morgan fingerprint density at radius 3 is 2.35 bits per heavy atom. The lowest BCUT2D eigenvalue weighted by Crippen LogP contribution is -2.23. The first-order valence-corrected chi connectivity index (χ1v) is 4.99. The van der Waals surface area contributed by atoms with E-state index in [2.05, 4.69) is 5.32 Å². The second kappa shape index (κ2) is 5.25. The smallest absolute Gasteiger partial charge is 0.233 e. The molecule has 1 aromatic rings. The molecule has 0 spiro atoms.